The second-order valence-corrected chi connectivity index (χ2v) is 8.07. The van der Waals surface area contributed by atoms with E-state index in [9.17, 15) is 18.0 Å². The molecule has 0 bridgehead atoms. The van der Waals surface area contributed by atoms with Gasteiger partial charge in [-0.3, -0.25) is 0 Å². The van der Waals surface area contributed by atoms with Crippen molar-refractivity contribution in [1.82, 2.24) is 14.3 Å². The quantitative estimate of drug-likeness (QED) is 0.648. The summed E-state index contributed by atoms with van der Waals surface area (Å²) in [7, 11) is 0. The van der Waals surface area contributed by atoms with E-state index in [1.54, 1.807) is 17.0 Å². The summed E-state index contributed by atoms with van der Waals surface area (Å²) in [5.41, 5.74) is 1.13. The largest absolute Gasteiger partial charge is 0.343 e. The molecule has 1 fully saturated rings. The van der Waals surface area contributed by atoms with Crippen LogP contribution >= 0.6 is 11.5 Å². The summed E-state index contributed by atoms with van der Waals surface area (Å²) in [4.78, 5) is 20.9. The van der Waals surface area contributed by atoms with E-state index in [1.807, 2.05) is 6.92 Å². The fourth-order valence-electron chi connectivity index (χ4n) is 3.43. The van der Waals surface area contributed by atoms with E-state index < -0.39 is 11.6 Å². The summed E-state index contributed by atoms with van der Waals surface area (Å²) in [6.07, 6.45) is 0.517. The SMILES string of the molecule is CC1CN(c2nc(Cc3ccc(F)cc3)ns2)CCN1C(=O)Nc1ccc(F)c(F)c1. The highest BCUT2D eigenvalue weighted by Gasteiger charge is 2.29. The Bertz CT molecular complexity index is 1080. The minimum atomic E-state index is -1.01. The van der Waals surface area contributed by atoms with Crippen molar-refractivity contribution in [3.63, 3.8) is 0 Å². The average Bonchev–Trinajstić information content (AvgIpc) is 3.21. The maximum absolute atomic E-state index is 13.4. The zero-order valence-corrected chi connectivity index (χ0v) is 17.5. The summed E-state index contributed by atoms with van der Waals surface area (Å²) in [6, 6.07) is 9.01. The highest BCUT2D eigenvalue weighted by molar-refractivity contribution is 7.09. The van der Waals surface area contributed by atoms with Gasteiger partial charge < -0.3 is 15.1 Å². The van der Waals surface area contributed by atoms with Crippen molar-refractivity contribution in [2.24, 2.45) is 0 Å². The lowest BCUT2D eigenvalue weighted by Crippen LogP contribution is -2.55. The van der Waals surface area contributed by atoms with Crippen molar-refractivity contribution in [1.29, 1.82) is 0 Å². The number of rotatable bonds is 4. The highest BCUT2D eigenvalue weighted by Crippen LogP contribution is 2.23. The number of carbonyl (C=O) groups is 1. The van der Waals surface area contributed by atoms with E-state index in [0.717, 1.165) is 22.8 Å². The maximum atomic E-state index is 13.4. The van der Waals surface area contributed by atoms with Crippen LogP contribution in [0.5, 0.6) is 0 Å². The maximum Gasteiger partial charge on any atom is 0.322 e. The molecule has 3 aromatic rings. The number of nitrogens with one attached hydrogen (secondary N) is 1. The number of anilines is 2. The number of urea groups is 1. The molecule has 1 atom stereocenters. The summed E-state index contributed by atoms with van der Waals surface area (Å²) in [5.74, 6) is -1.59. The first-order valence-electron chi connectivity index (χ1n) is 9.73. The smallest absolute Gasteiger partial charge is 0.322 e. The zero-order valence-electron chi connectivity index (χ0n) is 16.7. The van der Waals surface area contributed by atoms with Crippen molar-refractivity contribution < 1.29 is 18.0 Å². The molecule has 162 valence electrons. The molecule has 2 amide bonds. The molecule has 0 aliphatic carbocycles. The second-order valence-electron chi connectivity index (χ2n) is 7.34. The number of hydrogen-bond acceptors (Lipinski definition) is 5. The van der Waals surface area contributed by atoms with Gasteiger partial charge in [-0.05, 0) is 36.8 Å². The minimum Gasteiger partial charge on any atom is -0.343 e. The number of piperazine rings is 1. The van der Waals surface area contributed by atoms with Gasteiger partial charge in [0.25, 0.3) is 0 Å². The molecule has 4 rings (SSSR count). The Morgan fingerprint density at radius 2 is 1.90 bits per heavy atom. The lowest BCUT2D eigenvalue weighted by atomic mass is 10.1. The molecule has 1 aliphatic heterocycles. The Balaban J connectivity index is 1.35. The standard InChI is InChI=1S/C21H20F3N5OS/c1-13-12-28(21-26-19(27-31-21)10-14-2-4-15(22)5-3-14)8-9-29(13)20(30)25-16-6-7-17(23)18(24)11-16/h2-7,11,13H,8-10,12H2,1H3,(H,25,30). The number of aromatic nitrogens is 2. The first kappa shape index (κ1) is 21.1. The number of amides is 2. The van der Waals surface area contributed by atoms with Gasteiger partial charge in [-0.2, -0.15) is 4.37 Å². The second kappa shape index (κ2) is 8.93. The molecule has 10 heteroatoms. The molecule has 1 saturated heterocycles. The van der Waals surface area contributed by atoms with E-state index in [2.05, 4.69) is 19.6 Å². The monoisotopic (exact) mass is 447 g/mol. The number of carbonyl (C=O) groups excluding carboxylic acids is 1. The Morgan fingerprint density at radius 1 is 1.13 bits per heavy atom. The Kier molecular flexibility index (Phi) is 6.08. The molecule has 6 nitrogen and oxygen atoms in total. The molecular formula is C21H20F3N5OS. The fraction of sp³-hybridized carbons (Fsp3) is 0.286. The van der Waals surface area contributed by atoms with Crippen molar-refractivity contribution >= 4 is 28.4 Å². The lowest BCUT2D eigenvalue weighted by Gasteiger charge is -2.39. The Labute approximate surface area is 181 Å². The number of benzene rings is 2. The van der Waals surface area contributed by atoms with Crippen LogP contribution < -0.4 is 10.2 Å². The molecule has 0 spiro atoms. The van der Waals surface area contributed by atoms with Crippen LogP contribution in [0.1, 0.15) is 18.3 Å². The van der Waals surface area contributed by atoms with Crippen molar-refractivity contribution in [2.45, 2.75) is 19.4 Å². The van der Waals surface area contributed by atoms with Gasteiger partial charge in [0.05, 0.1) is 0 Å². The van der Waals surface area contributed by atoms with Crippen LogP contribution in [0.25, 0.3) is 0 Å². The average molecular weight is 447 g/mol. The third-order valence-electron chi connectivity index (χ3n) is 5.06. The zero-order chi connectivity index (χ0) is 22.0. The van der Waals surface area contributed by atoms with E-state index in [4.69, 9.17) is 0 Å². The molecule has 0 saturated carbocycles. The van der Waals surface area contributed by atoms with Gasteiger partial charge in [0.2, 0.25) is 5.13 Å². The lowest BCUT2D eigenvalue weighted by molar-refractivity contribution is 0.185. The molecule has 0 radical (unpaired) electrons. The highest BCUT2D eigenvalue weighted by atomic mass is 32.1. The van der Waals surface area contributed by atoms with Gasteiger partial charge in [-0.25, -0.2) is 22.9 Å². The molecule has 2 heterocycles. The van der Waals surface area contributed by atoms with Crippen LogP contribution in [0.3, 0.4) is 0 Å². The summed E-state index contributed by atoms with van der Waals surface area (Å²) in [6.45, 7) is 3.50. The summed E-state index contributed by atoms with van der Waals surface area (Å²) < 4.78 is 43.9. The van der Waals surface area contributed by atoms with Crippen LogP contribution in [-0.2, 0) is 6.42 Å². The third kappa shape index (κ3) is 4.96. The molecule has 1 aromatic heterocycles. The van der Waals surface area contributed by atoms with Crippen molar-refractivity contribution in [3.8, 4) is 0 Å². The molecule has 2 aromatic carbocycles. The van der Waals surface area contributed by atoms with E-state index in [-0.39, 0.29) is 23.6 Å². The molecule has 1 aliphatic rings. The predicted octanol–water partition coefficient (Wildman–Crippen LogP) is 4.29. The Hall–Kier alpha value is -3.14. The van der Waals surface area contributed by atoms with E-state index >= 15 is 0 Å². The van der Waals surface area contributed by atoms with Gasteiger partial charge in [-0.15, -0.1) is 0 Å². The van der Waals surface area contributed by atoms with Gasteiger partial charge in [0.15, 0.2) is 11.6 Å². The van der Waals surface area contributed by atoms with Crippen LogP contribution in [-0.4, -0.2) is 46.0 Å². The Morgan fingerprint density at radius 3 is 2.61 bits per heavy atom. The molecule has 31 heavy (non-hydrogen) atoms. The molecular weight excluding hydrogens is 427 g/mol. The van der Waals surface area contributed by atoms with Crippen molar-refractivity contribution in [2.75, 3.05) is 29.9 Å². The number of halogens is 3. The minimum absolute atomic E-state index is 0.122. The van der Waals surface area contributed by atoms with Gasteiger partial charge in [0, 0.05) is 55.4 Å². The van der Waals surface area contributed by atoms with Gasteiger partial charge in [0.1, 0.15) is 11.6 Å². The van der Waals surface area contributed by atoms with E-state index in [0.29, 0.717) is 31.9 Å². The number of hydrogen-bond donors (Lipinski definition) is 1. The first-order chi connectivity index (χ1) is 14.9. The normalized spacial score (nSPS) is 16.5. The van der Waals surface area contributed by atoms with Gasteiger partial charge >= 0.3 is 6.03 Å². The van der Waals surface area contributed by atoms with E-state index in [1.165, 1.54) is 29.7 Å². The van der Waals surface area contributed by atoms with Crippen LogP contribution in [0, 0.1) is 17.5 Å². The molecule has 1 N–H and O–H groups in total. The van der Waals surface area contributed by atoms with Crippen LogP contribution in [0.4, 0.5) is 28.8 Å². The van der Waals surface area contributed by atoms with Gasteiger partial charge in [-0.1, -0.05) is 12.1 Å². The van der Waals surface area contributed by atoms with Crippen LogP contribution in [0.15, 0.2) is 42.5 Å². The summed E-state index contributed by atoms with van der Waals surface area (Å²) in [5, 5.41) is 3.38. The first-order valence-corrected chi connectivity index (χ1v) is 10.5. The fourth-order valence-corrected chi connectivity index (χ4v) is 4.15. The summed E-state index contributed by atoms with van der Waals surface area (Å²) >= 11 is 1.29. The third-order valence-corrected chi connectivity index (χ3v) is 5.88. The van der Waals surface area contributed by atoms with Crippen molar-refractivity contribution in [3.05, 3.63) is 71.3 Å². The van der Waals surface area contributed by atoms with Crippen LogP contribution in [0.2, 0.25) is 0 Å². The molecule has 1 unspecified atom stereocenters. The predicted molar refractivity (Wildman–Crippen MR) is 113 cm³/mol. The topological polar surface area (TPSA) is 61.4 Å². The number of nitrogens with zero attached hydrogens (tertiary/aromatic N) is 4.